The van der Waals surface area contributed by atoms with Crippen LogP contribution in [0.2, 0.25) is 0 Å². The number of rotatable bonds is 5. The van der Waals surface area contributed by atoms with Crippen molar-refractivity contribution in [2.24, 2.45) is 0 Å². The quantitative estimate of drug-likeness (QED) is 0.834. The van der Waals surface area contributed by atoms with Crippen LogP contribution in [0.1, 0.15) is 40.0 Å². The predicted molar refractivity (Wildman–Crippen MR) is 108 cm³/mol. The molecular weight excluding hydrogens is 376 g/mol. The van der Waals surface area contributed by atoms with Crippen molar-refractivity contribution in [2.75, 3.05) is 26.3 Å². The Hall–Kier alpha value is -2.22. The van der Waals surface area contributed by atoms with E-state index in [1.165, 1.54) is 22.0 Å². The van der Waals surface area contributed by atoms with Crippen molar-refractivity contribution in [2.45, 2.75) is 31.7 Å². The van der Waals surface area contributed by atoms with Gasteiger partial charge in [-0.2, -0.15) is 4.31 Å². The molecule has 150 valence electrons. The molecule has 0 bridgehead atoms. The average Bonchev–Trinajstić information content (AvgIpc) is 2.68. The van der Waals surface area contributed by atoms with Gasteiger partial charge in [0.1, 0.15) is 0 Å². The molecule has 0 saturated carbocycles. The smallest absolute Gasteiger partial charge is 0.251 e. The Morgan fingerprint density at radius 2 is 1.82 bits per heavy atom. The van der Waals surface area contributed by atoms with Crippen LogP contribution in [-0.4, -0.2) is 44.9 Å². The summed E-state index contributed by atoms with van der Waals surface area (Å²) in [5, 5.41) is 2.96. The van der Waals surface area contributed by atoms with Gasteiger partial charge in [-0.25, -0.2) is 8.42 Å². The molecule has 7 heteroatoms. The minimum Gasteiger partial charge on any atom is -0.379 e. The van der Waals surface area contributed by atoms with E-state index in [9.17, 15) is 13.2 Å². The number of carbonyl (C=O) groups is 1. The fraction of sp³-hybridized carbons (Fsp3) is 0.381. The van der Waals surface area contributed by atoms with Gasteiger partial charge >= 0.3 is 0 Å². The summed E-state index contributed by atoms with van der Waals surface area (Å²) in [5.74, 6) is -0.300. The minimum absolute atomic E-state index is 0.126. The standard InChI is InChI=1S/C21H26N2O4S/c1-15-7-8-20(16(2)13-15)17(3)22-21(24)18-5-4-6-19(14-18)28(25,26)23-9-11-27-12-10-23/h4-8,13-14,17H,9-12H2,1-3H3,(H,22,24)/t17-/m1/s1. The highest BCUT2D eigenvalue weighted by molar-refractivity contribution is 7.89. The van der Waals surface area contributed by atoms with E-state index in [-0.39, 0.29) is 16.8 Å². The molecule has 1 fully saturated rings. The van der Waals surface area contributed by atoms with E-state index >= 15 is 0 Å². The van der Waals surface area contributed by atoms with Crippen molar-refractivity contribution in [3.63, 3.8) is 0 Å². The number of sulfonamides is 1. The Balaban J connectivity index is 1.78. The maximum atomic E-state index is 12.8. The average molecular weight is 403 g/mol. The van der Waals surface area contributed by atoms with E-state index in [4.69, 9.17) is 4.74 Å². The molecule has 2 aromatic rings. The number of benzene rings is 2. The highest BCUT2D eigenvalue weighted by Gasteiger charge is 2.27. The first kappa shape index (κ1) is 20.5. The zero-order valence-corrected chi connectivity index (χ0v) is 17.3. The number of aryl methyl sites for hydroxylation is 2. The molecule has 1 amide bonds. The Labute approximate surface area is 166 Å². The lowest BCUT2D eigenvalue weighted by atomic mass is 10.00. The molecule has 1 N–H and O–H groups in total. The third-order valence-electron chi connectivity index (χ3n) is 4.94. The Morgan fingerprint density at radius 3 is 2.50 bits per heavy atom. The van der Waals surface area contributed by atoms with E-state index in [2.05, 4.69) is 11.4 Å². The van der Waals surface area contributed by atoms with Crippen molar-refractivity contribution in [3.8, 4) is 0 Å². The lowest BCUT2D eigenvalue weighted by molar-refractivity contribution is 0.0730. The van der Waals surface area contributed by atoms with Crippen LogP contribution in [-0.2, 0) is 14.8 Å². The molecule has 28 heavy (non-hydrogen) atoms. The summed E-state index contributed by atoms with van der Waals surface area (Å²) < 4.78 is 32.3. The third kappa shape index (κ3) is 4.43. The molecule has 6 nitrogen and oxygen atoms in total. The Morgan fingerprint density at radius 1 is 1.11 bits per heavy atom. The molecule has 1 aliphatic rings. The minimum atomic E-state index is -3.64. The van der Waals surface area contributed by atoms with Crippen molar-refractivity contribution in [1.82, 2.24) is 9.62 Å². The van der Waals surface area contributed by atoms with Crippen molar-refractivity contribution >= 4 is 15.9 Å². The number of hydrogen-bond donors (Lipinski definition) is 1. The predicted octanol–water partition coefficient (Wildman–Crippen LogP) is 2.82. The summed E-state index contributed by atoms with van der Waals surface area (Å²) in [6.45, 7) is 7.37. The highest BCUT2D eigenvalue weighted by Crippen LogP contribution is 2.21. The fourth-order valence-corrected chi connectivity index (χ4v) is 4.86. The van der Waals surface area contributed by atoms with Crippen LogP contribution in [0, 0.1) is 13.8 Å². The van der Waals surface area contributed by atoms with E-state index in [1.807, 2.05) is 32.9 Å². The first-order valence-corrected chi connectivity index (χ1v) is 10.8. The largest absolute Gasteiger partial charge is 0.379 e. The van der Waals surface area contributed by atoms with Gasteiger partial charge in [0.15, 0.2) is 0 Å². The number of carbonyl (C=O) groups excluding carboxylic acids is 1. The van der Waals surface area contributed by atoms with Crippen molar-refractivity contribution in [3.05, 3.63) is 64.7 Å². The fourth-order valence-electron chi connectivity index (χ4n) is 3.40. The van der Waals surface area contributed by atoms with Gasteiger partial charge in [-0.05, 0) is 50.1 Å². The van der Waals surface area contributed by atoms with Crippen LogP contribution in [0.4, 0.5) is 0 Å². The van der Waals surface area contributed by atoms with Gasteiger partial charge in [0.2, 0.25) is 10.0 Å². The topological polar surface area (TPSA) is 75.7 Å². The molecule has 0 unspecified atom stereocenters. The molecule has 1 heterocycles. The molecule has 1 atom stereocenters. The molecule has 2 aromatic carbocycles. The molecule has 0 spiro atoms. The first-order valence-electron chi connectivity index (χ1n) is 9.35. The summed E-state index contributed by atoms with van der Waals surface area (Å²) >= 11 is 0. The number of amides is 1. The van der Waals surface area contributed by atoms with Crippen molar-refractivity contribution in [1.29, 1.82) is 0 Å². The van der Waals surface area contributed by atoms with Crippen LogP contribution in [0.25, 0.3) is 0 Å². The van der Waals surface area contributed by atoms with Gasteiger partial charge < -0.3 is 10.1 Å². The van der Waals surface area contributed by atoms with Crippen LogP contribution in [0.15, 0.2) is 47.4 Å². The monoisotopic (exact) mass is 402 g/mol. The highest BCUT2D eigenvalue weighted by atomic mass is 32.2. The molecule has 0 radical (unpaired) electrons. The normalized spacial score (nSPS) is 16.5. The Kier molecular flexibility index (Phi) is 6.17. The zero-order chi connectivity index (χ0) is 20.3. The zero-order valence-electron chi connectivity index (χ0n) is 16.4. The number of ether oxygens (including phenoxy) is 1. The van der Waals surface area contributed by atoms with Crippen LogP contribution >= 0.6 is 0 Å². The van der Waals surface area contributed by atoms with E-state index in [0.29, 0.717) is 31.9 Å². The van der Waals surface area contributed by atoms with Gasteiger partial charge in [0.05, 0.1) is 24.2 Å². The van der Waals surface area contributed by atoms with E-state index in [0.717, 1.165) is 11.1 Å². The van der Waals surface area contributed by atoms with E-state index in [1.54, 1.807) is 12.1 Å². The van der Waals surface area contributed by atoms with E-state index < -0.39 is 10.0 Å². The number of nitrogens with one attached hydrogen (secondary N) is 1. The second-order valence-electron chi connectivity index (χ2n) is 7.10. The van der Waals surface area contributed by atoms with Gasteiger partial charge in [-0.15, -0.1) is 0 Å². The summed E-state index contributed by atoms with van der Waals surface area (Å²) in [6.07, 6.45) is 0. The van der Waals surface area contributed by atoms with Crippen molar-refractivity contribution < 1.29 is 17.9 Å². The molecule has 3 rings (SSSR count). The molecule has 1 saturated heterocycles. The second-order valence-corrected chi connectivity index (χ2v) is 9.04. The maximum Gasteiger partial charge on any atom is 0.251 e. The summed E-state index contributed by atoms with van der Waals surface area (Å²) in [5.41, 5.74) is 3.64. The first-order chi connectivity index (χ1) is 13.3. The molecule has 0 aliphatic carbocycles. The Bertz CT molecular complexity index is 966. The molecule has 0 aromatic heterocycles. The molecule has 1 aliphatic heterocycles. The molecular formula is C21H26N2O4S. The lowest BCUT2D eigenvalue weighted by Crippen LogP contribution is -2.40. The second kappa shape index (κ2) is 8.43. The van der Waals surface area contributed by atoms with Crippen LogP contribution in [0.3, 0.4) is 0 Å². The summed E-state index contributed by atoms with van der Waals surface area (Å²) in [6, 6.07) is 12.1. The lowest BCUT2D eigenvalue weighted by Gasteiger charge is -2.26. The van der Waals surface area contributed by atoms with Crippen LogP contribution < -0.4 is 5.32 Å². The third-order valence-corrected chi connectivity index (χ3v) is 6.84. The van der Waals surface area contributed by atoms with Crippen LogP contribution in [0.5, 0.6) is 0 Å². The maximum absolute atomic E-state index is 12.8. The van der Waals surface area contributed by atoms with Gasteiger partial charge in [-0.1, -0.05) is 29.8 Å². The van der Waals surface area contributed by atoms with Gasteiger partial charge in [0, 0.05) is 18.7 Å². The number of morpholine rings is 1. The summed E-state index contributed by atoms with van der Waals surface area (Å²) in [4.78, 5) is 12.8. The van der Waals surface area contributed by atoms with Gasteiger partial charge in [-0.3, -0.25) is 4.79 Å². The number of nitrogens with zero attached hydrogens (tertiary/aromatic N) is 1. The SMILES string of the molecule is Cc1ccc([C@@H](C)NC(=O)c2cccc(S(=O)(=O)N3CCOCC3)c2)c(C)c1. The number of hydrogen-bond acceptors (Lipinski definition) is 4. The van der Waals surface area contributed by atoms with Gasteiger partial charge in [0.25, 0.3) is 5.91 Å². The summed E-state index contributed by atoms with van der Waals surface area (Å²) in [7, 11) is -3.64.